The molecule has 2 aliphatic rings. The molecule has 92 valence electrons. The van der Waals surface area contributed by atoms with Crippen LogP contribution in [0.3, 0.4) is 0 Å². The van der Waals surface area contributed by atoms with Crippen molar-refractivity contribution in [1.29, 1.82) is 5.26 Å². The van der Waals surface area contributed by atoms with Crippen LogP contribution >= 0.6 is 0 Å². The van der Waals surface area contributed by atoms with Crippen LogP contribution in [-0.4, -0.2) is 41.3 Å². The number of allylic oxidation sites excluding steroid dienone is 1. The number of hydrogen-bond acceptors (Lipinski definition) is 4. The van der Waals surface area contributed by atoms with Crippen molar-refractivity contribution in [3.63, 3.8) is 0 Å². The van der Waals surface area contributed by atoms with Crippen LogP contribution < -0.4 is 0 Å². The van der Waals surface area contributed by atoms with Gasteiger partial charge in [-0.25, -0.2) is 0 Å². The lowest BCUT2D eigenvalue weighted by atomic mass is 9.93. The first-order valence-electron chi connectivity index (χ1n) is 5.90. The fourth-order valence-corrected chi connectivity index (χ4v) is 2.62. The van der Waals surface area contributed by atoms with E-state index in [0.717, 1.165) is 19.3 Å². The first-order valence-corrected chi connectivity index (χ1v) is 5.90. The molecule has 5 nitrogen and oxygen atoms in total. The van der Waals surface area contributed by atoms with E-state index in [0.29, 0.717) is 18.9 Å². The third-order valence-corrected chi connectivity index (χ3v) is 3.34. The van der Waals surface area contributed by atoms with Crippen molar-refractivity contribution in [3.8, 4) is 6.07 Å². The summed E-state index contributed by atoms with van der Waals surface area (Å²) >= 11 is 0. The summed E-state index contributed by atoms with van der Waals surface area (Å²) in [4.78, 5) is 12.6. The lowest BCUT2D eigenvalue weighted by molar-refractivity contribution is -0.136. The van der Waals surface area contributed by atoms with Gasteiger partial charge in [0.2, 0.25) is 0 Å². The van der Waals surface area contributed by atoms with E-state index in [1.165, 1.54) is 6.08 Å². The number of nitriles is 1. The number of ether oxygens (including phenoxy) is 1. The second-order valence-electron chi connectivity index (χ2n) is 4.48. The standard InChI is InChI=1S/C12H16N2O3/c13-6-9(4-5-12(15)16)14-10-2-1-3-11(14)8-17-7-10/h4,10-11H,1-3,5,7-8H2,(H,15,16)/b9-4+. The van der Waals surface area contributed by atoms with Crippen molar-refractivity contribution >= 4 is 5.97 Å². The zero-order chi connectivity index (χ0) is 12.3. The first-order chi connectivity index (χ1) is 8.22. The van der Waals surface area contributed by atoms with Gasteiger partial charge in [0.15, 0.2) is 0 Å². The zero-order valence-electron chi connectivity index (χ0n) is 9.63. The van der Waals surface area contributed by atoms with Crippen LogP contribution in [0.1, 0.15) is 25.7 Å². The summed E-state index contributed by atoms with van der Waals surface area (Å²) in [6.07, 6.45) is 4.61. The number of rotatable bonds is 3. The summed E-state index contributed by atoms with van der Waals surface area (Å²) in [5.41, 5.74) is 0.491. The molecule has 5 heteroatoms. The predicted octanol–water partition coefficient (Wildman–Crippen LogP) is 1.12. The molecule has 0 spiro atoms. The topological polar surface area (TPSA) is 73.6 Å². The molecule has 2 heterocycles. The van der Waals surface area contributed by atoms with Gasteiger partial charge in [0.1, 0.15) is 11.8 Å². The molecule has 0 aromatic rings. The highest BCUT2D eigenvalue weighted by atomic mass is 16.5. The second-order valence-corrected chi connectivity index (χ2v) is 4.48. The summed E-state index contributed by atoms with van der Waals surface area (Å²) < 4.78 is 5.49. The van der Waals surface area contributed by atoms with Crippen molar-refractivity contribution < 1.29 is 14.6 Å². The summed E-state index contributed by atoms with van der Waals surface area (Å²) in [6.45, 7) is 1.28. The number of carboxylic acid groups (broad SMARTS) is 1. The van der Waals surface area contributed by atoms with E-state index >= 15 is 0 Å². The number of fused-ring (bicyclic) bond motifs is 2. The third kappa shape index (κ3) is 2.59. The average Bonchev–Trinajstić information content (AvgIpc) is 2.29. The quantitative estimate of drug-likeness (QED) is 0.743. The molecule has 0 radical (unpaired) electrons. The largest absolute Gasteiger partial charge is 0.481 e. The van der Waals surface area contributed by atoms with Gasteiger partial charge in [0.05, 0.1) is 31.7 Å². The van der Waals surface area contributed by atoms with E-state index in [-0.39, 0.29) is 18.5 Å². The fraction of sp³-hybridized carbons (Fsp3) is 0.667. The maximum absolute atomic E-state index is 10.6. The minimum absolute atomic E-state index is 0.0975. The van der Waals surface area contributed by atoms with Crippen molar-refractivity contribution in [2.24, 2.45) is 0 Å². The molecule has 0 aromatic heterocycles. The van der Waals surface area contributed by atoms with Crippen LogP contribution in [0.4, 0.5) is 0 Å². The minimum atomic E-state index is -0.906. The molecule has 0 aliphatic carbocycles. The highest BCUT2D eigenvalue weighted by Gasteiger charge is 2.35. The maximum atomic E-state index is 10.6. The van der Waals surface area contributed by atoms with Crippen LogP contribution in [0.5, 0.6) is 0 Å². The van der Waals surface area contributed by atoms with Gasteiger partial charge >= 0.3 is 5.97 Å². The van der Waals surface area contributed by atoms with Crippen LogP contribution in [0.2, 0.25) is 0 Å². The first kappa shape index (κ1) is 11.9. The van der Waals surface area contributed by atoms with Gasteiger partial charge in [-0.05, 0) is 25.3 Å². The summed E-state index contributed by atoms with van der Waals surface area (Å²) in [5, 5.41) is 17.8. The Labute approximate surface area is 100 Å². The molecule has 0 amide bonds. The van der Waals surface area contributed by atoms with Gasteiger partial charge in [0.25, 0.3) is 0 Å². The lowest BCUT2D eigenvalue weighted by Gasteiger charge is -2.46. The lowest BCUT2D eigenvalue weighted by Crippen LogP contribution is -2.53. The van der Waals surface area contributed by atoms with Gasteiger partial charge in [-0.15, -0.1) is 0 Å². The molecule has 2 atom stereocenters. The highest BCUT2D eigenvalue weighted by molar-refractivity contribution is 5.68. The number of carbonyl (C=O) groups is 1. The van der Waals surface area contributed by atoms with E-state index in [1.807, 2.05) is 0 Å². The third-order valence-electron chi connectivity index (χ3n) is 3.34. The summed E-state index contributed by atoms with van der Waals surface area (Å²) in [7, 11) is 0. The number of hydrogen-bond donors (Lipinski definition) is 1. The normalized spacial score (nSPS) is 28.6. The molecule has 0 saturated carbocycles. The molecule has 2 bridgehead atoms. The Morgan fingerprint density at radius 3 is 2.65 bits per heavy atom. The van der Waals surface area contributed by atoms with E-state index in [2.05, 4.69) is 11.0 Å². The second kappa shape index (κ2) is 5.19. The van der Waals surface area contributed by atoms with E-state index in [9.17, 15) is 4.79 Å². The highest BCUT2D eigenvalue weighted by Crippen LogP contribution is 2.30. The monoisotopic (exact) mass is 236 g/mol. The van der Waals surface area contributed by atoms with Gasteiger partial charge in [-0.1, -0.05) is 0 Å². The fourth-order valence-electron chi connectivity index (χ4n) is 2.62. The zero-order valence-corrected chi connectivity index (χ0v) is 9.63. The molecule has 2 saturated heterocycles. The van der Waals surface area contributed by atoms with Gasteiger partial charge in [-0.3, -0.25) is 4.79 Å². The Balaban J connectivity index is 2.15. The van der Waals surface area contributed by atoms with E-state index in [1.54, 1.807) is 0 Å². The molecule has 17 heavy (non-hydrogen) atoms. The predicted molar refractivity (Wildman–Crippen MR) is 60.0 cm³/mol. The molecule has 2 rings (SSSR count). The van der Waals surface area contributed by atoms with Crippen molar-refractivity contribution in [2.75, 3.05) is 13.2 Å². The summed E-state index contributed by atoms with van der Waals surface area (Å²) in [6, 6.07) is 2.60. The Morgan fingerprint density at radius 1 is 1.47 bits per heavy atom. The molecule has 2 unspecified atom stereocenters. The maximum Gasteiger partial charge on any atom is 0.307 e. The molecule has 0 aromatic carbocycles. The molecule has 2 fully saturated rings. The molecular weight excluding hydrogens is 220 g/mol. The SMILES string of the molecule is N#C/C(=C\CC(=O)O)N1C2CCCC1COC2. The van der Waals surface area contributed by atoms with Crippen LogP contribution in [0.25, 0.3) is 0 Å². The van der Waals surface area contributed by atoms with Gasteiger partial charge in [-0.2, -0.15) is 5.26 Å². The van der Waals surface area contributed by atoms with Crippen LogP contribution in [0.15, 0.2) is 11.8 Å². The van der Waals surface area contributed by atoms with Gasteiger partial charge in [0, 0.05) is 0 Å². The Hall–Kier alpha value is -1.54. The smallest absolute Gasteiger partial charge is 0.307 e. The van der Waals surface area contributed by atoms with Crippen molar-refractivity contribution in [3.05, 3.63) is 11.8 Å². The Morgan fingerprint density at radius 2 is 2.12 bits per heavy atom. The number of aliphatic carboxylic acids is 1. The minimum Gasteiger partial charge on any atom is -0.481 e. The number of piperidine rings is 1. The Bertz CT molecular complexity index is 350. The summed E-state index contributed by atoms with van der Waals surface area (Å²) in [5.74, 6) is -0.906. The van der Waals surface area contributed by atoms with Crippen molar-refractivity contribution in [1.82, 2.24) is 4.90 Å². The molecule has 2 aliphatic heterocycles. The van der Waals surface area contributed by atoms with E-state index < -0.39 is 5.97 Å². The van der Waals surface area contributed by atoms with E-state index in [4.69, 9.17) is 15.1 Å². The number of nitrogens with zero attached hydrogens (tertiary/aromatic N) is 2. The van der Waals surface area contributed by atoms with Crippen LogP contribution in [0, 0.1) is 11.3 Å². The molecular formula is C12H16N2O3. The molecule has 1 N–H and O–H groups in total. The van der Waals surface area contributed by atoms with Gasteiger partial charge < -0.3 is 14.7 Å². The van der Waals surface area contributed by atoms with Crippen LogP contribution in [-0.2, 0) is 9.53 Å². The Kier molecular flexibility index (Phi) is 3.64. The number of carboxylic acids is 1. The van der Waals surface area contributed by atoms with Crippen molar-refractivity contribution in [2.45, 2.75) is 37.8 Å². The number of morpholine rings is 1. The average molecular weight is 236 g/mol.